The Morgan fingerprint density at radius 2 is 1.32 bits per heavy atom. The number of aryl methyl sites for hydroxylation is 1. The van der Waals surface area contributed by atoms with Crippen LogP contribution in [0, 0.1) is 18.6 Å². The predicted octanol–water partition coefficient (Wildman–Crippen LogP) is 8.10. The number of hydrogen-bond donors (Lipinski definition) is 4. The molecule has 0 aliphatic rings. The fourth-order valence-electron chi connectivity index (χ4n) is 5.16. The van der Waals surface area contributed by atoms with Gasteiger partial charge < -0.3 is 20.8 Å². The van der Waals surface area contributed by atoms with Crippen molar-refractivity contribution in [3.63, 3.8) is 0 Å². The summed E-state index contributed by atoms with van der Waals surface area (Å²) in [6.07, 6.45) is -0.668. The summed E-state index contributed by atoms with van der Waals surface area (Å²) in [7, 11) is 0. The van der Waals surface area contributed by atoms with Crippen LogP contribution in [0.2, 0.25) is 0 Å². The van der Waals surface area contributed by atoms with Gasteiger partial charge in [0.05, 0.1) is 30.6 Å². The lowest BCUT2D eigenvalue weighted by Crippen LogP contribution is -2.30. The van der Waals surface area contributed by atoms with Gasteiger partial charge in [0.15, 0.2) is 5.01 Å². The second-order valence-electron chi connectivity index (χ2n) is 11.6. The van der Waals surface area contributed by atoms with Gasteiger partial charge in [0.2, 0.25) is 0 Å². The van der Waals surface area contributed by atoms with Crippen molar-refractivity contribution in [2.24, 2.45) is 0 Å². The van der Waals surface area contributed by atoms with E-state index in [2.05, 4.69) is 20.6 Å². The van der Waals surface area contributed by atoms with E-state index in [9.17, 15) is 28.0 Å². The minimum absolute atomic E-state index is 0.218. The molecule has 270 valence electrons. The minimum Gasteiger partial charge on any atom is -0.481 e. The molecule has 14 heteroatoms. The van der Waals surface area contributed by atoms with E-state index in [1.165, 1.54) is 65.1 Å². The molecule has 0 radical (unpaired) electrons. The van der Waals surface area contributed by atoms with Crippen LogP contribution in [0.3, 0.4) is 0 Å². The second kappa shape index (κ2) is 17.9. The Kier molecular flexibility index (Phi) is 12.9. The first kappa shape index (κ1) is 38.1. The molecule has 0 unspecified atom stereocenters. The number of rotatable bonds is 12. The summed E-state index contributed by atoms with van der Waals surface area (Å²) in [6.45, 7) is 1.97. The Bertz CT molecular complexity index is 2210. The molecule has 0 saturated carbocycles. The van der Waals surface area contributed by atoms with Gasteiger partial charge in [-0.3, -0.25) is 19.2 Å². The molecule has 0 spiro atoms. The molecule has 2 amide bonds. The van der Waals surface area contributed by atoms with E-state index in [0.29, 0.717) is 16.8 Å². The summed E-state index contributed by atoms with van der Waals surface area (Å²) < 4.78 is 26.6. The van der Waals surface area contributed by atoms with Crippen LogP contribution in [0.25, 0.3) is 21.8 Å². The normalized spacial score (nSPS) is 11.8. The van der Waals surface area contributed by atoms with Gasteiger partial charge in [-0.15, -0.1) is 22.7 Å². The molecule has 0 aliphatic heterocycles. The first-order chi connectivity index (χ1) is 25.5. The lowest BCUT2D eigenvalue weighted by atomic mass is 10.0. The number of amides is 2. The van der Waals surface area contributed by atoms with Crippen LogP contribution in [-0.2, 0) is 9.59 Å². The highest BCUT2D eigenvalue weighted by molar-refractivity contribution is 7.13. The van der Waals surface area contributed by atoms with Crippen molar-refractivity contribution in [1.29, 1.82) is 0 Å². The molecule has 4 aromatic carbocycles. The van der Waals surface area contributed by atoms with E-state index >= 15 is 0 Å². The molecular formula is C39H32F2N4O6S2. The summed E-state index contributed by atoms with van der Waals surface area (Å²) in [6, 6.07) is 26.4. The summed E-state index contributed by atoms with van der Waals surface area (Å²) in [5.41, 5.74) is 4.67. The Balaban J connectivity index is 0.000000204. The number of carbonyl (C=O) groups is 4. The zero-order valence-electron chi connectivity index (χ0n) is 28.0. The van der Waals surface area contributed by atoms with Crippen LogP contribution in [0.15, 0.2) is 114 Å². The monoisotopic (exact) mass is 754 g/mol. The molecule has 0 aliphatic carbocycles. The van der Waals surface area contributed by atoms with Gasteiger partial charge in [-0.05, 0) is 47.9 Å². The number of halogens is 2. The Morgan fingerprint density at radius 1 is 0.679 bits per heavy atom. The van der Waals surface area contributed by atoms with Gasteiger partial charge in [-0.1, -0.05) is 78.9 Å². The number of thiazole rings is 2. The first-order valence-electron chi connectivity index (χ1n) is 16.1. The molecule has 53 heavy (non-hydrogen) atoms. The number of benzene rings is 4. The number of aromatic nitrogens is 2. The molecule has 0 fully saturated rings. The van der Waals surface area contributed by atoms with Crippen LogP contribution in [0.1, 0.15) is 61.9 Å². The smallest absolute Gasteiger partial charge is 0.305 e. The van der Waals surface area contributed by atoms with Crippen molar-refractivity contribution in [2.75, 3.05) is 0 Å². The average Bonchev–Trinajstić information content (AvgIpc) is 3.84. The van der Waals surface area contributed by atoms with Crippen LogP contribution in [0.4, 0.5) is 8.78 Å². The highest BCUT2D eigenvalue weighted by Crippen LogP contribution is 2.28. The maximum atomic E-state index is 13.4. The SMILES string of the molecule is Cc1ccccc1-c1nc(C(=O)N[C@@H](CC(=O)O)c2ccc(F)cc2)cs1.O=C(O)C[C@H](NC(=O)c1nc(-c2ccccc2)cs1)c1cccc(F)c1. The largest absolute Gasteiger partial charge is 0.481 e. The molecular weight excluding hydrogens is 723 g/mol. The number of carboxylic acids is 2. The van der Waals surface area contributed by atoms with E-state index in [1.807, 2.05) is 61.5 Å². The number of nitrogens with one attached hydrogen (secondary N) is 2. The zero-order chi connectivity index (χ0) is 37.9. The first-order valence-corrected chi connectivity index (χ1v) is 17.8. The number of hydrogen-bond acceptors (Lipinski definition) is 8. The van der Waals surface area contributed by atoms with Gasteiger partial charge in [0.25, 0.3) is 11.8 Å². The quantitative estimate of drug-likeness (QED) is 0.0976. The van der Waals surface area contributed by atoms with Crippen molar-refractivity contribution < 1.29 is 38.2 Å². The van der Waals surface area contributed by atoms with Gasteiger partial charge in [0.1, 0.15) is 22.3 Å². The van der Waals surface area contributed by atoms with Crippen LogP contribution >= 0.6 is 22.7 Å². The lowest BCUT2D eigenvalue weighted by Gasteiger charge is -2.16. The van der Waals surface area contributed by atoms with Gasteiger partial charge in [-0.2, -0.15) is 0 Å². The van der Waals surface area contributed by atoms with Crippen molar-refractivity contribution in [3.05, 3.63) is 153 Å². The van der Waals surface area contributed by atoms with Gasteiger partial charge >= 0.3 is 11.9 Å². The third-order valence-electron chi connectivity index (χ3n) is 7.77. The summed E-state index contributed by atoms with van der Waals surface area (Å²) in [4.78, 5) is 56.0. The Labute approximate surface area is 310 Å². The maximum absolute atomic E-state index is 13.4. The van der Waals surface area contributed by atoms with Crippen LogP contribution in [-0.4, -0.2) is 43.9 Å². The van der Waals surface area contributed by atoms with E-state index in [-0.39, 0.29) is 23.5 Å². The van der Waals surface area contributed by atoms with Crippen molar-refractivity contribution >= 4 is 46.4 Å². The minimum atomic E-state index is -1.09. The standard InChI is InChI=1S/C20H17FN2O3S.C19H15FN2O3S/c1-12-4-2-3-5-15(12)20-23-17(11-27-20)19(26)22-16(10-18(24)25)13-6-8-14(21)9-7-13;20-14-8-4-7-13(9-14)15(10-17(23)24)21-18(25)19-22-16(11-26-19)12-5-2-1-3-6-12/h2-9,11,16H,10H2,1H3,(H,22,26)(H,24,25);1-9,11,15H,10H2,(H,21,25)(H,23,24)/t16-;15-/m00/s1. The van der Waals surface area contributed by atoms with Crippen molar-refractivity contribution in [3.8, 4) is 21.8 Å². The number of aliphatic carboxylic acids is 2. The van der Waals surface area contributed by atoms with Crippen molar-refractivity contribution in [2.45, 2.75) is 31.8 Å². The number of nitrogens with zero attached hydrogens (tertiary/aromatic N) is 2. The average molecular weight is 755 g/mol. The molecule has 10 nitrogen and oxygen atoms in total. The molecule has 2 heterocycles. The highest BCUT2D eigenvalue weighted by Gasteiger charge is 2.23. The van der Waals surface area contributed by atoms with Crippen molar-refractivity contribution in [1.82, 2.24) is 20.6 Å². The second-order valence-corrected chi connectivity index (χ2v) is 13.3. The molecule has 6 aromatic rings. The molecule has 0 bridgehead atoms. The Morgan fingerprint density at radius 3 is 1.98 bits per heavy atom. The summed E-state index contributed by atoms with van der Waals surface area (Å²) in [5, 5.41) is 27.9. The molecule has 0 saturated heterocycles. The van der Waals surface area contributed by atoms with E-state index < -0.39 is 47.5 Å². The lowest BCUT2D eigenvalue weighted by molar-refractivity contribution is -0.138. The molecule has 2 atom stereocenters. The maximum Gasteiger partial charge on any atom is 0.305 e. The highest BCUT2D eigenvalue weighted by atomic mass is 32.1. The van der Waals surface area contributed by atoms with E-state index in [4.69, 9.17) is 10.2 Å². The third-order valence-corrected chi connectivity index (χ3v) is 9.49. The summed E-state index contributed by atoms with van der Waals surface area (Å²) in [5.74, 6) is -4.05. The zero-order valence-corrected chi connectivity index (χ0v) is 29.7. The molecule has 4 N–H and O–H groups in total. The van der Waals surface area contributed by atoms with E-state index in [1.54, 1.807) is 16.8 Å². The fraction of sp³-hybridized carbons (Fsp3) is 0.128. The Hall–Kier alpha value is -6.12. The summed E-state index contributed by atoms with van der Waals surface area (Å²) >= 11 is 2.51. The number of carbonyl (C=O) groups excluding carboxylic acids is 2. The predicted molar refractivity (Wildman–Crippen MR) is 198 cm³/mol. The van der Waals surface area contributed by atoms with Gasteiger partial charge in [-0.25, -0.2) is 18.7 Å². The fourth-order valence-corrected chi connectivity index (χ4v) is 6.78. The molecule has 2 aromatic heterocycles. The third kappa shape index (κ3) is 10.7. The van der Waals surface area contributed by atoms with Gasteiger partial charge in [0, 0.05) is 21.9 Å². The van der Waals surface area contributed by atoms with E-state index in [0.717, 1.165) is 21.7 Å². The van der Waals surface area contributed by atoms with Crippen LogP contribution < -0.4 is 10.6 Å². The van der Waals surface area contributed by atoms with Crippen LogP contribution in [0.5, 0.6) is 0 Å². The topological polar surface area (TPSA) is 159 Å². The molecule has 6 rings (SSSR count). The number of carboxylic acid groups (broad SMARTS) is 2.